The third-order valence-corrected chi connectivity index (χ3v) is 2.15. The van der Waals surface area contributed by atoms with E-state index in [2.05, 4.69) is 15.2 Å². The van der Waals surface area contributed by atoms with Crippen molar-refractivity contribution in [3.8, 4) is 0 Å². The van der Waals surface area contributed by atoms with Gasteiger partial charge in [0.1, 0.15) is 0 Å². The van der Waals surface area contributed by atoms with E-state index in [0.29, 0.717) is 11.1 Å². The maximum absolute atomic E-state index is 11.0. The van der Waals surface area contributed by atoms with Gasteiger partial charge in [-0.2, -0.15) is 5.10 Å². The Morgan fingerprint density at radius 1 is 1.31 bits per heavy atom. The van der Waals surface area contributed by atoms with Gasteiger partial charge in [0.2, 0.25) is 0 Å². The lowest BCUT2D eigenvalue weighted by atomic mass is 10.1. The van der Waals surface area contributed by atoms with Crippen molar-refractivity contribution in [2.45, 2.75) is 6.92 Å². The molecule has 82 valence electrons. The average molecular weight is 221 g/mol. The Hall–Kier alpha value is -2.44. The maximum Gasteiger partial charge on any atom is 0.354 e. The minimum Gasteiger partial charge on any atom is -0.478 e. The second-order valence-corrected chi connectivity index (χ2v) is 3.21. The zero-order chi connectivity index (χ0) is 11.9. The van der Waals surface area contributed by atoms with Gasteiger partial charge in [0.05, 0.1) is 10.9 Å². The van der Waals surface area contributed by atoms with Crippen LogP contribution in [0.2, 0.25) is 0 Å². The molecule has 0 saturated carbocycles. The van der Waals surface area contributed by atoms with Gasteiger partial charge in [0.15, 0.2) is 11.3 Å². The highest BCUT2D eigenvalue weighted by molar-refractivity contribution is 6.04. The van der Waals surface area contributed by atoms with E-state index in [4.69, 9.17) is 10.2 Å². The van der Waals surface area contributed by atoms with Gasteiger partial charge in [0, 0.05) is 5.69 Å². The number of hydrogen-bond donors (Lipinski definition) is 3. The largest absolute Gasteiger partial charge is 0.478 e. The number of hydrogen-bond acceptors (Lipinski definition) is 4. The zero-order valence-corrected chi connectivity index (χ0v) is 8.18. The van der Waals surface area contributed by atoms with Crippen LogP contribution in [0.4, 0.5) is 0 Å². The molecule has 2 rings (SSSR count). The van der Waals surface area contributed by atoms with Crippen LogP contribution in [0.5, 0.6) is 0 Å². The molecule has 0 radical (unpaired) electrons. The van der Waals surface area contributed by atoms with Crippen LogP contribution >= 0.6 is 0 Å². The number of aromatic amines is 1. The van der Waals surface area contributed by atoms with Crippen LogP contribution < -0.4 is 0 Å². The number of aromatic carboxylic acids is 2. The van der Waals surface area contributed by atoms with Gasteiger partial charge in [-0.25, -0.2) is 14.6 Å². The molecule has 7 nitrogen and oxygen atoms in total. The van der Waals surface area contributed by atoms with Crippen LogP contribution in [0, 0.1) is 6.92 Å². The van der Waals surface area contributed by atoms with E-state index in [-0.39, 0.29) is 16.9 Å². The quantitative estimate of drug-likeness (QED) is 0.685. The third kappa shape index (κ3) is 1.38. The highest BCUT2D eigenvalue weighted by Crippen LogP contribution is 2.19. The number of nitrogens with zero attached hydrogens (tertiary/aromatic N) is 2. The van der Waals surface area contributed by atoms with E-state index < -0.39 is 11.9 Å². The Balaban J connectivity index is 2.86. The lowest BCUT2D eigenvalue weighted by Crippen LogP contribution is -2.06. The normalized spacial score (nSPS) is 10.6. The molecule has 0 aliphatic rings. The molecule has 0 spiro atoms. The number of carbonyl (C=O) groups is 2. The van der Waals surface area contributed by atoms with Gasteiger partial charge in [-0.15, -0.1) is 0 Å². The number of carboxylic acids is 2. The van der Waals surface area contributed by atoms with E-state index in [1.807, 2.05) is 0 Å². The summed E-state index contributed by atoms with van der Waals surface area (Å²) in [5, 5.41) is 24.4. The van der Waals surface area contributed by atoms with Crippen LogP contribution in [0.25, 0.3) is 11.0 Å². The number of pyridine rings is 1. The summed E-state index contributed by atoms with van der Waals surface area (Å²) >= 11 is 0. The molecular weight excluding hydrogens is 214 g/mol. The van der Waals surface area contributed by atoms with Gasteiger partial charge < -0.3 is 10.2 Å². The lowest BCUT2D eigenvalue weighted by molar-refractivity contribution is 0.0691. The van der Waals surface area contributed by atoms with E-state index in [1.165, 1.54) is 0 Å². The van der Waals surface area contributed by atoms with Gasteiger partial charge in [-0.1, -0.05) is 0 Å². The van der Waals surface area contributed by atoms with Gasteiger partial charge in [-0.3, -0.25) is 5.10 Å². The fourth-order valence-corrected chi connectivity index (χ4v) is 1.45. The summed E-state index contributed by atoms with van der Waals surface area (Å²) in [6, 6.07) is 1.02. The smallest absolute Gasteiger partial charge is 0.354 e. The summed E-state index contributed by atoms with van der Waals surface area (Å²) in [7, 11) is 0. The summed E-state index contributed by atoms with van der Waals surface area (Å²) < 4.78 is 0. The first kappa shape index (κ1) is 10.1. The summed E-state index contributed by atoms with van der Waals surface area (Å²) in [4.78, 5) is 25.4. The van der Waals surface area contributed by atoms with Crippen LogP contribution in [0.1, 0.15) is 26.5 Å². The molecule has 0 unspecified atom stereocenters. The summed E-state index contributed by atoms with van der Waals surface area (Å²) in [6.07, 6.45) is 0. The van der Waals surface area contributed by atoms with Crippen LogP contribution in [-0.2, 0) is 0 Å². The second-order valence-electron chi connectivity index (χ2n) is 3.21. The van der Waals surface area contributed by atoms with Crippen molar-refractivity contribution in [3.63, 3.8) is 0 Å². The number of carboxylic acid groups (broad SMARTS) is 2. The molecule has 0 amide bonds. The molecule has 3 N–H and O–H groups in total. The number of H-pyrrole nitrogens is 1. The second kappa shape index (κ2) is 3.30. The molecule has 0 bridgehead atoms. The molecule has 16 heavy (non-hydrogen) atoms. The summed E-state index contributed by atoms with van der Waals surface area (Å²) in [5.74, 6) is -2.50. The van der Waals surface area contributed by atoms with Gasteiger partial charge >= 0.3 is 11.9 Å². The number of fused-ring (bicyclic) bond motifs is 1. The van der Waals surface area contributed by atoms with Crippen molar-refractivity contribution in [1.29, 1.82) is 0 Å². The minimum absolute atomic E-state index is 0.0924. The van der Waals surface area contributed by atoms with Crippen molar-refractivity contribution in [2.75, 3.05) is 0 Å². The Labute approximate surface area is 88.7 Å². The van der Waals surface area contributed by atoms with E-state index in [1.54, 1.807) is 6.92 Å². The van der Waals surface area contributed by atoms with E-state index in [9.17, 15) is 9.59 Å². The first-order valence-electron chi connectivity index (χ1n) is 4.33. The molecule has 7 heteroatoms. The van der Waals surface area contributed by atoms with E-state index in [0.717, 1.165) is 6.07 Å². The molecule has 0 aromatic carbocycles. The third-order valence-electron chi connectivity index (χ3n) is 2.15. The minimum atomic E-state index is -1.29. The Morgan fingerprint density at radius 3 is 2.56 bits per heavy atom. The lowest BCUT2D eigenvalue weighted by Gasteiger charge is -1.99. The molecule has 2 heterocycles. The molecule has 2 aromatic heterocycles. The number of aryl methyl sites for hydroxylation is 1. The highest BCUT2D eigenvalue weighted by atomic mass is 16.4. The van der Waals surface area contributed by atoms with Crippen molar-refractivity contribution in [1.82, 2.24) is 15.2 Å². The van der Waals surface area contributed by atoms with Crippen molar-refractivity contribution in [2.24, 2.45) is 0 Å². The van der Waals surface area contributed by atoms with E-state index >= 15 is 0 Å². The SMILES string of the molecule is Cc1[nH]nc2nc(C(=O)O)cc(C(=O)O)c12. The Morgan fingerprint density at radius 2 is 2.00 bits per heavy atom. The maximum atomic E-state index is 11.0. The van der Waals surface area contributed by atoms with Gasteiger partial charge in [-0.05, 0) is 13.0 Å². The van der Waals surface area contributed by atoms with Crippen molar-refractivity contribution in [3.05, 3.63) is 23.0 Å². The van der Waals surface area contributed by atoms with Gasteiger partial charge in [0.25, 0.3) is 0 Å². The van der Waals surface area contributed by atoms with Crippen LogP contribution in [0.3, 0.4) is 0 Å². The Bertz CT molecular complexity index is 602. The first-order valence-corrected chi connectivity index (χ1v) is 4.33. The molecule has 0 atom stereocenters. The van der Waals surface area contributed by atoms with Crippen molar-refractivity contribution >= 4 is 23.0 Å². The number of rotatable bonds is 2. The van der Waals surface area contributed by atoms with Crippen molar-refractivity contribution < 1.29 is 19.8 Å². The standard InChI is InChI=1S/C9H7N3O4/c1-3-6-4(8(13)14)2-5(9(15)16)10-7(6)12-11-3/h2H,1H3,(H,13,14)(H,15,16)(H,10,11,12). The average Bonchev–Trinajstić information content (AvgIpc) is 2.59. The fraction of sp³-hybridized carbons (Fsp3) is 0.111. The van der Waals surface area contributed by atoms with Crippen LogP contribution in [-0.4, -0.2) is 37.3 Å². The predicted molar refractivity (Wildman–Crippen MR) is 52.5 cm³/mol. The molecule has 2 aromatic rings. The summed E-state index contributed by atoms with van der Waals surface area (Å²) in [5.41, 5.74) is 0.177. The first-order chi connectivity index (χ1) is 7.50. The zero-order valence-electron chi connectivity index (χ0n) is 8.18. The molecule has 0 fully saturated rings. The topological polar surface area (TPSA) is 116 Å². The predicted octanol–water partition coefficient (Wildman–Crippen LogP) is 0.663. The monoisotopic (exact) mass is 221 g/mol. The van der Waals surface area contributed by atoms with Crippen LogP contribution in [0.15, 0.2) is 6.07 Å². The molecule has 0 saturated heterocycles. The molecular formula is C9H7N3O4. The molecule has 0 aliphatic heterocycles. The number of aromatic nitrogens is 3. The highest BCUT2D eigenvalue weighted by Gasteiger charge is 2.18. The fourth-order valence-electron chi connectivity index (χ4n) is 1.45. The number of nitrogens with one attached hydrogen (secondary N) is 1. The Kier molecular flexibility index (Phi) is 2.08. The summed E-state index contributed by atoms with van der Waals surface area (Å²) in [6.45, 7) is 1.64. The molecule has 0 aliphatic carbocycles.